The SMILES string of the molecule is COc1ccc(-c2cc(N3CCC[C@H](NC(=O)c4ccc(N(C)C)cc4)C3)n[nH]2)cc1. The zero-order valence-corrected chi connectivity index (χ0v) is 18.3. The number of carbonyl (C=O) groups is 1. The number of H-pyrrole nitrogens is 1. The second-order valence-electron chi connectivity index (χ2n) is 8.07. The number of hydrogen-bond donors (Lipinski definition) is 2. The number of piperidine rings is 1. The summed E-state index contributed by atoms with van der Waals surface area (Å²) in [5.74, 6) is 1.70. The van der Waals surface area contributed by atoms with Crippen LogP contribution in [0.15, 0.2) is 54.6 Å². The zero-order chi connectivity index (χ0) is 21.8. The van der Waals surface area contributed by atoms with Crippen molar-refractivity contribution < 1.29 is 9.53 Å². The summed E-state index contributed by atoms with van der Waals surface area (Å²) >= 11 is 0. The number of methoxy groups -OCH3 is 1. The van der Waals surface area contributed by atoms with E-state index in [1.54, 1.807) is 7.11 Å². The fraction of sp³-hybridized carbons (Fsp3) is 0.333. The molecule has 7 nitrogen and oxygen atoms in total. The Morgan fingerprint density at radius 1 is 1.16 bits per heavy atom. The number of nitrogens with one attached hydrogen (secondary N) is 2. The summed E-state index contributed by atoms with van der Waals surface area (Å²) in [6, 6.07) is 17.7. The molecule has 2 heterocycles. The van der Waals surface area contributed by atoms with Crippen molar-refractivity contribution in [2.45, 2.75) is 18.9 Å². The van der Waals surface area contributed by atoms with Crippen LogP contribution in [0.4, 0.5) is 11.5 Å². The van der Waals surface area contributed by atoms with E-state index in [2.05, 4.69) is 26.5 Å². The topological polar surface area (TPSA) is 73.5 Å². The molecular weight excluding hydrogens is 390 g/mol. The smallest absolute Gasteiger partial charge is 0.251 e. The van der Waals surface area contributed by atoms with Crippen LogP contribution < -0.4 is 19.9 Å². The van der Waals surface area contributed by atoms with Gasteiger partial charge in [-0.3, -0.25) is 9.89 Å². The van der Waals surface area contributed by atoms with E-state index in [9.17, 15) is 4.79 Å². The molecule has 1 aliphatic rings. The van der Waals surface area contributed by atoms with Crippen molar-refractivity contribution in [3.8, 4) is 17.0 Å². The van der Waals surface area contributed by atoms with Crippen LogP contribution in [0.3, 0.4) is 0 Å². The van der Waals surface area contributed by atoms with Crippen LogP contribution in [0.2, 0.25) is 0 Å². The highest BCUT2D eigenvalue weighted by Crippen LogP contribution is 2.26. The first kappa shape index (κ1) is 20.8. The monoisotopic (exact) mass is 419 g/mol. The number of benzene rings is 2. The van der Waals surface area contributed by atoms with Gasteiger partial charge in [-0.1, -0.05) is 0 Å². The van der Waals surface area contributed by atoms with E-state index in [0.29, 0.717) is 5.56 Å². The zero-order valence-electron chi connectivity index (χ0n) is 18.3. The first-order chi connectivity index (χ1) is 15.0. The van der Waals surface area contributed by atoms with Crippen molar-refractivity contribution in [3.05, 3.63) is 60.2 Å². The molecule has 2 aromatic carbocycles. The molecule has 0 unspecified atom stereocenters. The predicted octanol–water partition coefficient (Wildman–Crippen LogP) is 3.55. The Hall–Kier alpha value is -3.48. The summed E-state index contributed by atoms with van der Waals surface area (Å²) < 4.78 is 5.23. The maximum atomic E-state index is 12.7. The molecule has 0 aliphatic carbocycles. The molecule has 1 fully saturated rings. The number of aromatic amines is 1. The number of rotatable bonds is 6. The van der Waals surface area contributed by atoms with Gasteiger partial charge in [-0.25, -0.2) is 0 Å². The molecule has 162 valence electrons. The lowest BCUT2D eigenvalue weighted by atomic mass is 10.0. The molecule has 2 N–H and O–H groups in total. The number of aromatic nitrogens is 2. The molecule has 4 rings (SSSR count). The molecular formula is C24H29N5O2. The first-order valence-electron chi connectivity index (χ1n) is 10.6. The van der Waals surface area contributed by atoms with Crippen molar-refractivity contribution >= 4 is 17.4 Å². The molecule has 7 heteroatoms. The molecule has 0 radical (unpaired) electrons. The van der Waals surface area contributed by atoms with Crippen LogP contribution in [0.5, 0.6) is 5.75 Å². The molecule has 1 aromatic heterocycles. The van der Waals surface area contributed by atoms with E-state index in [0.717, 1.165) is 54.4 Å². The van der Waals surface area contributed by atoms with Crippen LogP contribution >= 0.6 is 0 Å². The fourth-order valence-corrected chi connectivity index (χ4v) is 3.87. The van der Waals surface area contributed by atoms with Crippen molar-refractivity contribution in [1.29, 1.82) is 0 Å². The third kappa shape index (κ3) is 4.82. The average Bonchev–Trinajstić information content (AvgIpc) is 3.30. The normalized spacial score (nSPS) is 16.1. The fourth-order valence-electron chi connectivity index (χ4n) is 3.87. The Balaban J connectivity index is 1.39. The highest BCUT2D eigenvalue weighted by molar-refractivity contribution is 5.94. The summed E-state index contributed by atoms with van der Waals surface area (Å²) in [7, 11) is 5.63. The molecule has 1 aliphatic heterocycles. The molecule has 0 spiro atoms. The lowest BCUT2D eigenvalue weighted by molar-refractivity contribution is 0.0933. The second-order valence-corrected chi connectivity index (χ2v) is 8.07. The van der Waals surface area contributed by atoms with Crippen molar-refractivity contribution in [2.24, 2.45) is 0 Å². The Morgan fingerprint density at radius 2 is 1.90 bits per heavy atom. The summed E-state index contributed by atoms with van der Waals surface area (Å²) in [6.45, 7) is 1.67. The minimum Gasteiger partial charge on any atom is -0.497 e. The van der Waals surface area contributed by atoms with Gasteiger partial charge in [0.2, 0.25) is 0 Å². The first-order valence-corrected chi connectivity index (χ1v) is 10.6. The Kier molecular flexibility index (Phi) is 6.11. The number of amides is 1. The van der Waals surface area contributed by atoms with Crippen LogP contribution in [-0.4, -0.2) is 56.4 Å². The van der Waals surface area contributed by atoms with Gasteiger partial charge < -0.3 is 19.9 Å². The van der Waals surface area contributed by atoms with E-state index < -0.39 is 0 Å². The van der Waals surface area contributed by atoms with E-state index in [1.165, 1.54) is 0 Å². The van der Waals surface area contributed by atoms with Gasteiger partial charge in [-0.2, -0.15) is 5.10 Å². The van der Waals surface area contributed by atoms with Crippen molar-refractivity contribution in [3.63, 3.8) is 0 Å². The number of nitrogens with zero attached hydrogens (tertiary/aromatic N) is 3. The quantitative estimate of drug-likeness (QED) is 0.639. The van der Waals surface area contributed by atoms with E-state index in [-0.39, 0.29) is 11.9 Å². The maximum Gasteiger partial charge on any atom is 0.251 e. The molecule has 31 heavy (non-hydrogen) atoms. The van der Waals surface area contributed by atoms with Gasteiger partial charge in [-0.15, -0.1) is 0 Å². The van der Waals surface area contributed by atoms with Gasteiger partial charge in [0.05, 0.1) is 12.8 Å². The lowest BCUT2D eigenvalue weighted by Crippen LogP contribution is -2.48. The van der Waals surface area contributed by atoms with E-state index in [4.69, 9.17) is 4.74 Å². The van der Waals surface area contributed by atoms with Crippen LogP contribution in [0, 0.1) is 0 Å². The van der Waals surface area contributed by atoms with Gasteiger partial charge in [0, 0.05) is 50.5 Å². The van der Waals surface area contributed by atoms with Crippen LogP contribution in [-0.2, 0) is 0 Å². The Bertz CT molecular complexity index is 1010. The highest BCUT2D eigenvalue weighted by Gasteiger charge is 2.23. The number of anilines is 2. The van der Waals surface area contributed by atoms with Gasteiger partial charge in [0.15, 0.2) is 5.82 Å². The lowest BCUT2D eigenvalue weighted by Gasteiger charge is -2.33. The number of carbonyl (C=O) groups excluding carboxylic acids is 1. The third-order valence-corrected chi connectivity index (χ3v) is 5.69. The van der Waals surface area contributed by atoms with Crippen molar-refractivity contribution in [1.82, 2.24) is 15.5 Å². The standard InChI is InChI=1S/C24H29N5O2/c1-28(2)20-10-6-18(7-11-20)24(30)25-19-5-4-14-29(16-19)23-15-22(26-27-23)17-8-12-21(31-3)13-9-17/h6-13,15,19H,4-5,14,16H2,1-3H3,(H,25,30)(H,26,27)/t19-/m0/s1. The Morgan fingerprint density at radius 3 is 2.58 bits per heavy atom. The molecule has 0 bridgehead atoms. The van der Waals surface area contributed by atoms with Crippen LogP contribution in [0.1, 0.15) is 23.2 Å². The van der Waals surface area contributed by atoms with Gasteiger partial charge in [0.25, 0.3) is 5.91 Å². The van der Waals surface area contributed by atoms with Crippen molar-refractivity contribution in [2.75, 3.05) is 44.1 Å². The molecule has 3 aromatic rings. The van der Waals surface area contributed by atoms with Gasteiger partial charge in [0.1, 0.15) is 5.75 Å². The second kappa shape index (κ2) is 9.12. The molecule has 0 saturated carbocycles. The molecule has 1 amide bonds. The highest BCUT2D eigenvalue weighted by atomic mass is 16.5. The minimum absolute atomic E-state index is 0.0295. The Labute approximate surface area is 183 Å². The van der Waals surface area contributed by atoms with Gasteiger partial charge in [-0.05, 0) is 66.9 Å². The third-order valence-electron chi connectivity index (χ3n) is 5.69. The molecule has 1 atom stereocenters. The summed E-state index contributed by atoms with van der Waals surface area (Å²) in [5.41, 5.74) is 3.78. The minimum atomic E-state index is -0.0295. The number of ether oxygens (including phenoxy) is 1. The van der Waals surface area contributed by atoms with E-state index >= 15 is 0 Å². The maximum absolute atomic E-state index is 12.7. The number of hydrogen-bond acceptors (Lipinski definition) is 5. The van der Waals surface area contributed by atoms with E-state index in [1.807, 2.05) is 67.5 Å². The predicted molar refractivity (Wildman–Crippen MR) is 124 cm³/mol. The largest absolute Gasteiger partial charge is 0.497 e. The molecule has 1 saturated heterocycles. The summed E-state index contributed by atoms with van der Waals surface area (Å²) in [6.07, 6.45) is 1.98. The summed E-state index contributed by atoms with van der Waals surface area (Å²) in [5, 5.41) is 10.8. The average molecular weight is 420 g/mol. The van der Waals surface area contributed by atoms with Crippen LogP contribution in [0.25, 0.3) is 11.3 Å². The van der Waals surface area contributed by atoms with Gasteiger partial charge >= 0.3 is 0 Å². The summed E-state index contributed by atoms with van der Waals surface area (Å²) in [4.78, 5) is 17.0.